The normalized spacial score (nSPS) is 12.2. The summed E-state index contributed by atoms with van der Waals surface area (Å²) in [7, 11) is 1.64. The van der Waals surface area contributed by atoms with Crippen molar-refractivity contribution in [2.75, 3.05) is 7.11 Å². The van der Waals surface area contributed by atoms with E-state index in [-0.39, 0.29) is 6.04 Å². The molecule has 1 atom stereocenters. The molecule has 0 amide bonds. The molecule has 3 nitrogen and oxygen atoms in total. The number of nitrogens with zero attached hydrogens (tertiary/aromatic N) is 1. The fraction of sp³-hybridized carbons (Fsp3) is 0.267. The number of hydrogen-bond acceptors (Lipinski definition) is 3. The van der Waals surface area contributed by atoms with Crippen molar-refractivity contribution >= 4 is 15.9 Å². The number of pyridine rings is 1. The van der Waals surface area contributed by atoms with Crippen LogP contribution in [0.15, 0.2) is 47.1 Å². The molecule has 4 heteroatoms. The van der Waals surface area contributed by atoms with Crippen LogP contribution in [-0.4, -0.2) is 12.1 Å². The van der Waals surface area contributed by atoms with Gasteiger partial charge in [-0.1, -0.05) is 40.2 Å². The molecule has 0 unspecified atom stereocenters. The number of ether oxygens (including phenoxy) is 1. The van der Waals surface area contributed by atoms with E-state index in [4.69, 9.17) is 4.74 Å². The van der Waals surface area contributed by atoms with E-state index < -0.39 is 0 Å². The first-order chi connectivity index (χ1) is 9.22. The minimum Gasteiger partial charge on any atom is -0.481 e. The highest BCUT2D eigenvalue weighted by Gasteiger charge is 2.09. The van der Waals surface area contributed by atoms with Crippen molar-refractivity contribution in [1.82, 2.24) is 10.3 Å². The van der Waals surface area contributed by atoms with Crippen LogP contribution in [-0.2, 0) is 6.54 Å². The fourth-order valence-electron chi connectivity index (χ4n) is 1.94. The largest absolute Gasteiger partial charge is 0.481 e. The van der Waals surface area contributed by atoms with Crippen LogP contribution in [0.1, 0.15) is 24.1 Å². The summed E-state index contributed by atoms with van der Waals surface area (Å²) in [5.74, 6) is 0.675. The van der Waals surface area contributed by atoms with Gasteiger partial charge in [-0.15, -0.1) is 0 Å². The Morgan fingerprint density at radius 2 is 2.05 bits per heavy atom. The zero-order valence-electron chi connectivity index (χ0n) is 11.1. The van der Waals surface area contributed by atoms with E-state index in [1.165, 1.54) is 5.56 Å². The first-order valence-corrected chi connectivity index (χ1v) is 6.97. The molecule has 0 radical (unpaired) electrons. The van der Waals surface area contributed by atoms with Gasteiger partial charge in [0.1, 0.15) is 0 Å². The fourth-order valence-corrected chi connectivity index (χ4v) is 2.57. The summed E-state index contributed by atoms with van der Waals surface area (Å²) < 4.78 is 6.37. The van der Waals surface area contributed by atoms with Crippen LogP contribution in [0, 0.1) is 0 Å². The first-order valence-electron chi connectivity index (χ1n) is 6.18. The summed E-state index contributed by atoms with van der Waals surface area (Å²) in [6.45, 7) is 2.86. The molecule has 1 heterocycles. The van der Waals surface area contributed by atoms with Gasteiger partial charge in [0.2, 0.25) is 5.88 Å². The summed E-state index contributed by atoms with van der Waals surface area (Å²) in [6, 6.07) is 12.4. The molecule has 2 rings (SSSR count). The zero-order valence-corrected chi connectivity index (χ0v) is 12.6. The predicted octanol–water partition coefficient (Wildman–Crippen LogP) is 3.70. The van der Waals surface area contributed by atoms with Crippen LogP contribution >= 0.6 is 15.9 Å². The molecular weight excluding hydrogens is 304 g/mol. The topological polar surface area (TPSA) is 34.1 Å². The molecule has 0 spiro atoms. The Balaban J connectivity index is 2.04. The lowest BCUT2D eigenvalue weighted by Gasteiger charge is -2.16. The second-order valence-electron chi connectivity index (χ2n) is 4.30. The van der Waals surface area contributed by atoms with Gasteiger partial charge in [-0.3, -0.25) is 0 Å². The predicted molar refractivity (Wildman–Crippen MR) is 80.2 cm³/mol. The van der Waals surface area contributed by atoms with Gasteiger partial charge >= 0.3 is 0 Å². The second kappa shape index (κ2) is 6.68. The Bertz CT molecular complexity index is 545. The molecular formula is C15H17BrN2O. The van der Waals surface area contributed by atoms with Gasteiger partial charge in [0.25, 0.3) is 0 Å². The van der Waals surface area contributed by atoms with Gasteiger partial charge in [-0.05, 0) is 24.6 Å². The van der Waals surface area contributed by atoms with Gasteiger partial charge in [-0.2, -0.15) is 0 Å². The number of nitrogens with one attached hydrogen (secondary N) is 1. The van der Waals surface area contributed by atoms with E-state index >= 15 is 0 Å². The molecule has 0 bridgehead atoms. The monoisotopic (exact) mass is 320 g/mol. The highest BCUT2D eigenvalue weighted by Crippen LogP contribution is 2.23. The standard InChI is InChI=1S/C15H17BrN2O/c1-11(13-7-3-4-8-14(13)16)18-10-12-6-5-9-17-15(12)19-2/h3-9,11,18H,10H2,1-2H3/t11-/m1/s1. The summed E-state index contributed by atoms with van der Waals surface area (Å²) in [4.78, 5) is 4.19. The molecule has 1 N–H and O–H groups in total. The van der Waals surface area contributed by atoms with Gasteiger partial charge in [0.05, 0.1) is 7.11 Å². The summed E-state index contributed by atoms with van der Waals surface area (Å²) in [5, 5.41) is 3.48. The zero-order chi connectivity index (χ0) is 13.7. The van der Waals surface area contributed by atoms with Crippen molar-refractivity contribution in [2.24, 2.45) is 0 Å². The van der Waals surface area contributed by atoms with Crippen molar-refractivity contribution in [3.8, 4) is 5.88 Å². The lowest BCUT2D eigenvalue weighted by atomic mass is 10.1. The molecule has 1 aromatic heterocycles. The van der Waals surface area contributed by atoms with Gasteiger partial charge in [0, 0.05) is 28.8 Å². The van der Waals surface area contributed by atoms with E-state index in [1.807, 2.05) is 24.3 Å². The highest BCUT2D eigenvalue weighted by molar-refractivity contribution is 9.10. The smallest absolute Gasteiger partial charge is 0.217 e. The number of benzene rings is 1. The Morgan fingerprint density at radius 1 is 1.26 bits per heavy atom. The molecule has 100 valence electrons. The van der Waals surface area contributed by atoms with Crippen molar-refractivity contribution in [3.63, 3.8) is 0 Å². The molecule has 19 heavy (non-hydrogen) atoms. The van der Waals surface area contributed by atoms with Crippen molar-refractivity contribution in [3.05, 3.63) is 58.2 Å². The lowest BCUT2D eigenvalue weighted by molar-refractivity contribution is 0.389. The Labute approximate surface area is 122 Å². The summed E-state index contributed by atoms with van der Waals surface area (Å²) in [6.07, 6.45) is 1.74. The van der Waals surface area contributed by atoms with Crippen molar-refractivity contribution < 1.29 is 4.74 Å². The SMILES string of the molecule is COc1ncccc1CN[C@H](C)c1ccccc1Br. The molecule has 0 aliphatic rings. The minimum absolute atomic E-state index is 0.250. The van der Waals surface area contributed by atoms with E-state index in [1.54, 1.807) is 13.3 Å². The molecule has 0 fully saturated rings. The van der Waals surface area contributed by atoms with E-state index in [9.17, 15) is 0 Å². The third-order valence-electron chi connectivity index (χ3n) is 3.01. The summed E-state index contributed by atoms with van der Waals surface area (Å²) >= 11 is 3.57. The van der Waals surface area contributed by atoms with Gasteiger partial charge in [0.15, 0.2) is 0 Å². The van der Waals surface area contributed by atoms with Crippen LogP contribution in [0.25, 0.3) is 0 Å². The molecule has 0 saturated carbocycles. The molecule has 1 aromatic carbocycles. The molecule has 2 aromatic rings. The van der Waals surface area contributed by atoms with Crippen LogP contribution in [0.2, 0.25) is 0 Å². The van der Waals surface area contributed by atoms with Gasteiger partial charge in [-0.25, -0.2) is 4.98 Å². The Morgan fingerprint density at radius 3 is 2.79 bits per heavy atom. The maximum atomic E-state index is 5.25. The first kappa shape index (κ1) is 14.0. The van der Waals surface area contributed by atoms with E-state index in [2.05, 4.69) is 45.3 Å². The Kier molecular flexibility index (Phi) is 4.93. The highest BCUT2D eigenvalue weighted by atomic mass is 79.9. The maximum Gasteiger partial charge on any atom is 0.217 e. The van der Waals surface area contributed by atoms with Crippen molar-refractivity contribution in [2.45, 2.75) is 19.5 Å². The van der Waals surface area contributed by atoms with Crippen LogP contribution in [0.3, 0.4) is 0 Å². The number of methoxy groups -OCH3 is 1. The average Bonchev–Trinajstić information content (AvgIpc) is 2.45. The number of hydrogen-bond donors (Lipinski definition) is 1. The number of rotatable bonds is 5. The quantitative estimate of drug-likeness (QED) is 0.912. The van der Waals surface area contributed by atoms with E-state index in [0.717, 1.165) is 16.6 Å². The van der Waals surface area contributed by atoms with Gasteiger partial charge < -0.3 is 10.1 Å². The second-order valence-corrected chi connectivity index (χ2v) is 5.15. The van der Waals surface area contributed by atoms with E-state index in [0.29, 0.717) is 5.88 Å². The van der Waals surface area contributed by atoms with Crippen LogP contribution in [0.4, 0.5) is 0 Å². The maximum absolute atomic E-state index is 5.25. The van der Waals surface area contributed by atoms with Crippen LogP contribution < -0.4 is 10.1 Å². The number of halogens is 1. The Hall–Kier alpha value is -1.39. The molecule has 0 aliphatic heterocycles. The van der Waals surface area contributed by atoms with Crippen LogP contribution in [0.5, 0.6) is 5.88 Å². The van der Waals surface area contributed by atoms with Crippen molar-refractivity contribution in [1.29, 1.82) is 0 Å². The summed E-state index contributed by atoms with van der Waals surface area (Å²) in [5.41, 5.74) is 2.30. The average molecular weight is 321 g/mol. The minimum atomic E-state index is 0.250. The molecule has 0 aliphatic carbocycles. The third-order valence-corrected chi connectivity index (χ3v) is 3.74. The molecule has 0 saturated heterocycles. The number of aromatic nitrogens is 1. The third kappa shape index (κ3) is 3.55. The lowest BCUT2D eigenvalue weighted by Crippen LogP contribution is -2.19.